The molecule has 0 aliphatic rings. The van der Waals surface area contributed by atoms with Gasteiger partial charge in [-0.1, -0.05) is 24.3 Å². The quantitative estimate of drug-likeness (QED) is 0.579. The summed E-state index contributed by atoms with van der Waals surface area (Å²) in [7, 11) is 0. The normalized spacial score (nSPS) is 10.9. The van der Waals surface area contributed by atoms with Gasteiger partial charge in [0.2, 0.25) is 0 Å². The molecule has 0 heterocycles. The molecule has 0 spiro atoms. The average Bonchev–Trinajstić information content (AvgIpc) is 2.17. The molecule has 2 aromatic carbocycles. The zero-order valence-electron chi connectivity index (χ0n) is 9.31. The molecule has 2 aromatic rings. The van der Waals surface area contributed by atoms with Crippen LogP contribution in [0.2, 0.25) is 0 Å². The van der Waals surface area contributed by atoms with Crippen LogP contribution in [0, 0.1) is 27.7 Å². The van der Waals surface area contributed by atoms with E-state index in [0.717, 1.165) is 0 Å². The second-order valence-corrected chi connectivity index (χ2v) is 4.11. The first-order valence-electron chi connectivity index (χ1n) is 5.07. The van der Waals surface area contributed by atoms with Gasteiger partial charge in [0, 0.05) is 0 Å². The molecule has 0 unspecified atom stereocenters. The predicted molar refractivity (Wildman–Crippen MR) is 62.9 cm³/mol. The Labute approximate surface area is 85.6 Å². The first kappa shape index (κ1) is 9.26. The van der Waals surface area contributed by atoms with Crippen molar-refractivity contribution in [2.45, 2.75) is 27.7 Å². The highest BCUT2D eigenvalue weighted by atomic mass is 14.1. The fourth-order valence-corrected chi connectivity index (χ4v) is 2.02. The Balaban J connectivity index is 2.98. The Morgan fingerprint density at radius 1 is 0.714 bits per heavy atom. The smallest absolute Gasteiger partial charge is 0.0149 e. The lowest BCUT2D eigenvalue weighted by Crippen LogP contribution is -1.90. The van der Waals surface area contributed by atoms with Crippen molar-refractivity contribution in [3.05, 3.63) is 46.5 Å². The van der Waals surface area contributed by atoms with Crippen LogP contribution in [-0.4, -0.2) is 0 Å². The van der Waals surface area contributed by atoms with Crippen LogP contribution in [0.1, 0.15) is 22.3 Å². The number of benzene rings is 2. The Bertz CT molecular complexity index is 493. The second kappa shape index (κ2) is 3.13. The van der Waals surface area contributed by atoms with E-state index in [4.69, 9.17) is 0 Å². The van der Waals surface area contributed by atoms with Crippen LogP contribution < -0.4 is 0 Å². The molecule has 0 bridgehead atoms. The Hall–Kier alpha value is -1.30. The molecular weight excluding hydrogens is 168 g/mol. The summed E-state index contributed by atoms with van der Waals surface area (Å²) in [4.78, 5) is 0. The van der Waals surface area contributed by atoms with E-state index in [1.165, 1.54) is 33.0 Å². The molecule has 0 aromatic heterocycles. The summed E-state index contributed by atoms with van der Waals surface area (Å²) < 4.78 is 0. The summed E-state index contributed by atoms with van der Waals surface area (Å²) in [6, 6.07) is 8.83. The predicted octanol–water partition coefficient (Wildman–Crippen LogP) is 4.07. The van der Waals surface area contributed by atoms with Crippen LogP contribution >= 0.6 is 0 Å². The third kappa shape index (κ3) is 1.22. The number of aryl methyl sites for hydroxylation is 3. The van der Waals surface area contributed by atoms with Gasteiger partial charge in [0.05, 0.1) is 0 Å². The standard InChI is InChI=1S/C14H16/c1-9-6-5-7-13-12(4)11(3)10(2)8-14(9)13/h5-8H,1-4H3. The molecule has 0 radical (unpaired) electrons. The van der Waals surface area contributed by atoms with Gasteiger partial charge in [-0.05, 0) is 60.7 Å². The van der Waals surface area contributed by atoms with E-state index in [1.807, 2.05) is 0 Å². The fourth-order valence-electron chi connectivity index (χ4n) is 2.02. The average molecular weight is 184 g/mol. The van der Waals surface area contributed by atoms with Gasteiger partial charge in [-0.25, -0.2) is 0 Å². The van der Waals surface area contributed by atoms with Gasteiger partial charge in [-0.3, -0.25) is 0 Å². The number of hydrogen-bond donors (Lipinski definition) is 0. The first-order valence-corrected chi connectivity index (χ1v) is 5.07. The summed E-state index contributed by atoms with van der Waals surface area (Å²) in [5.74, 6) is 0. The highest BCUT2D eigenvalue weighted by Gasteiger charge is 2.04. The van der Waals surface area contributed by atoms with Crippen molar-refractivity contribution in [3.8, 4) is 0 Å². The zero-order valence-corrected chi connectivity index (χ0v) is 9.31. The SMILES string of the molecule is Cc1cc2c(C)cccc2c(C)c1C. The molecule has 0 atom stereocenters. The van der Waals surface area contributed by atoms with Crippen molar-refractivity contribution in [2.24, 2.45) is 0 Å². The summed E-state index contributed by atoms with van der Waals surface area (Å²) in [5.41, 5.74) is 5.60. The minimum atomic E-state index is 1.37. The van der Waals surface area contributed by atoms with Crippen LogP contribution in [0.3, 0.4) is 0 Å². The highest BCUT2D eigenvalue weighted by molar-refractivity contribution is 5.90. The zero-order chi connectivity index (χ0) is 10.3. The summed E-state index contributed by atoms with van der Waals surface area (Å²) >= 11 is 0. The number of hydrogen-bond acceptors (Lipinski definition) is 0. The van der Waals surface area contributed by atoms with E-state index in [9.17, 15) is 0 Å². The van der Waals surface area contributed by atoms with Crippen molar-refractivity contribution in [1.82, 2.24) is 0 Å². The van der Waals surface area contributed by atoms with Crippen LogP contribution in [0.15, 0.2) is 24.3 Å². The summed E-state index contributed by atoms with van der Waals surface area (Å²) in [5, 5.41) is 2.79. The molecule has 2 rings (SSSR count). The third-order valence-electron chi connectivity index (χ3n) is 3.24. The molecule has 0 aliphatic heterocycles. The lowest BCUT2D eigenvalue weighted by atomic mass is 9.94. The van der Waals surface area contributed by atoms with E-state index in [2.05, 4.69) is 52.0 Å². The van der Waals surface area contributed by atoms with Crippen LogP contribution in [0.25, 0.3) is 10.8 Å². The summed E-state index contributed by atoms with van der Waals surface area (Å²) in [6.45, 7) is 8.78. The van der Waals surface area contributed by atoms with Gasteiger partial charge in [0.25, 0.3) is 0 Å². The highest BCUT2D eigenvalue weighted by Crippen LogP contribution is 2.26. The van der Waals surface area contributed by atoms with E-state index < -0.39 is 0 Å². The molecule has 0 aliphatic carbocycles. The van der Waals surface area contributed by atoms with Gasteiger partial charge in [-0.15, -0.1) is 0 Å². The fraction of sp³-hybridized carbons (Fsp3) is 0.286. The monoisotopic (exact) mass is 184 g/mol. The van der Waals surface area contributed by atoms with Crippen molar-refractivity contribution in [1.29, 1.82) is 0 Å². The van der Waals surface area contributed by atoms with Gasteiger partial charge in [0.1, 0.15) is 0 Å². The molecule has 14 heavy (non-hydrogen) atoms. The minimum Gasteiger partial charge on any atom is -0.0614 e. The summed E-state index contributed by atoms with van der Waals surface area (Å²) in [6.07, 6.45) is 0. The second-order valence-electron chi connectivity index (χ2n) is 4.11. The molecule has 0 fully saturated rings. The van der Waals surface area contributed by atoms with Crippen LogP contribution in [0.4, 0.5) is 0 Å². The van der Waals surface area contributed by atoms with Gasteiger partial charge in [0.15, 0.2) is 0 Å². The van der Waals surface area contributed by atoms with E-state index in [-0.39, 0.29) is 0 Å². The van der Waals surface area contributed by atoms with Crippen molar-refractivity contribution < 1.29 is 0 Å². The maximum atomic E-state index is 2.30. The molecule has 0 saturated carbocycles. The Morgan fingerprint density at radius 2 is 1.43 bits per heavy atom. The van der Waals surface area contributed by atoms with Gasteiger partial charge < -0.3 is 0 Å². The van der Waals surface area contributed by atoms with Gasteiger partial charge in [-0.2, -0.15) is 0 Å². The number of fused-ring (bicyclic) bond motifs is 1. The van der Waals surface area contributed by atoms with Crippen molar-refractivity contribution in [2.75, 3.05) is 0 Å². The first-order chi connectivity index (χ1) is 6.61. The molecule has 0 heteroatoms. The molecule has 0 saturated heterocycles. The Morgan fingerprint density at radius 3 is 2.14 bits per heavy atom. The van der Waals surface area contributed by atoms with Crippen molar-refractivity contribution in [3.63, 3.8) is 0 Å². The maximum absolute atomic E-state index is 2.30. The third-order valence-corrected chi connectivity index (χ3v) is 3.24. The van der Waals surface area contributed by atoms with E-state index in [1.54, 1.807) is 0 Å². The van der Waals surface area contributed by atoms with Crippen LogP contribution in [0.5, 0.6) is 0 Å². The molecule has 72 valence electrons. The maximum Gasteiger partial charge on any atom is -0.0149 e. The molecular formula is C14H16. The van der Waals surface area contributed by atoms with Crippen molar-refractivity contribution >= 4 is 10.8 Å². The molecule has 0 amide bonds. The topological polar surface area (TPSA) is 0 Å². The van der Waals surface area contributed by atoms with E-state index in [0.29, 0.717) is 0 Å². The van der Waals surface area contributed by atoms with Crippen LogP contribution in [-0.2, 0) is 0 Å². The number of rotatable bonds is 0. The lowest BCUT2D eigenvalue weighted by Gasteiger charge is -2.10. The minimum absolute atomic E-state index is 1.37. The largest absolute Gasteiger partial charge is 0.0614 e. The molecule has 0 nitrogen and oxygen atoms in total. The Kier molecular flexibility index (Phi) is 2.07. The lowest BCUT2D eigenvalue weighted by molar-refractivity contribution is 1.29. The van der Waals surface area contributed by atoms with Gasteiger partial charge >= 0.3 is 0 Å². The molecule has 0 N–H and O–H groups in total. The van der Waals surface area contributed by atoms with E-state index >= 15 is 0 Å².